The summed E-state index contributed by atoms with van der Waals surface area (Å²) in [6.45, 7) is 10.6. The van der Waals surface area contributed by atoms with Gasteiger partial charge in [-0.05, 0) is 28.0 Å². The van der Waals surface area contributed by atoms with Crippen molar-refractivity contribution in [2.45, 2.75) is 38.9 Å². The Hall–Kier alpha value is -1.43. The average molecular weight is 254 g/mol. The summed E-state index contributed by atoms with van der Waals surface area (Å²) in [5.41, 5.74) is 0. The van der Waals surface area contributed by atoms with Crippen molar-refractivity contribution in [1.82, 2.24) is 4.98 Å². The molecule has 0 radical (unpaired) electrons. The first-order chi connectivity index (χ1) is 7.63. The maximum Gasteiger partial charge on any atom is 0.367 e. The van der Waals surface area contributed by atoms with E-state index in [4.69, 9.17) is 4.43 Å². The number of hydrogen-bond donors (Lipinski definition) is 0. The number of aromatic nitrogens is 1. The third-order valence-electron chi connectivity index (χ3n) is 3.08. The van der Waals surface area contributed by atoms with Crippen LogP contribution in [-0.4, -0.2) is 18.2 Å². The van der Waals surface area contributed by atoms with Crippen LogP contribution in [0.4, 0.5) is 5.82 Å². The number of pyridine rings is 1. The zero-order valence-corrected chi connectivity index (χ0v) is 11.9. The Morgan fingerprint density at radius 2 is 2.00 bits per heavy atom. The topological polar surface area (TPSA) is 65.3 Å². The van der Waals surface area contributed by atoms with E-state index in [2.05, 4.69) is 38.8 Å². The molecule has 5 nitrogen and oxygen atoms in total. The van der Waals surface area contributed by atoms with Crippen molar-refractivity contribution in [3.63, 3.8) is 0 Å². The molecule has 0 amide bonds. The first-order valence-corrected chi connectivity index (χ1v) is 8.34. The minimum atomic E-state index is -1.95. The first-order valence-electron chi connectivity index (χ1n) is 5.43. The number of nitrogens with zero attached hydrogens (tertiary/aromatic N) is 2. The molecule has 1 aromatic rings. The second-order valence-corrected chi connectivity index (χ2v) is 10.2. The van der Waals surface area contributed by atoms with Crippen molar-refractivity contribution in [2.24, 2.45) is 0 Å². The molecule has 1 heterocycles. The maximum absolute atomic E-state index is 10.6. The lowest BCUT2D eigenvalue weighted by Gasteiger charge is -2.36. The molecule has 0 N–H and O–H groups in total. The van der Waals surface area contributed by atoms with E-state index in [0.29, 0.717) is 5.75 Å². The maximum atomic E-state index is 10.6. The zero-order valence-electron chi connectivity index (χ0n) is 10.9. The largest absolute Gasteiger partial charge is 0.543 e. The van der Waals surface area contributed by atoms with Crippen molar-refractivity contribution >= 4 is 14.1 Å². The van der Waals surface area contributed by atoms with Gasteiger partial charge in [-0.3, -0.25) is 0 Å². The lowest BCUT2D eigenvalue weighted by atomic mass is 10.2. The molecule has 0 atom stereocenters. The fourth-order valence-corrected chi connectivity index (χ4v) is 2.03. The van der Waals surface area contributed by atoms with Crippen molar-refractivity contribution in [3.8, 4) is 5.75 Å². The quantitative estimate of drug-likeness (QED) is 0.471. The van der Waals surface area contributed by atoms with Crippen LogP contribution >= 0.6 is 0 Å². The van der Waals surface area contributed by atoms with Gasteiger partial charge < -0.3 is 14.5 Å². The normalized spacial score (nSPS) is 12.3. The third kappa shape index (κ3) is 3.26. The van der Waals surface area contributed by atoms with Gasteiger partial charge in [-0.25, -0.2) is 0 Å². The van der Waals surface area contributed by atoms with Gasteiger partial charge in [0.05, 0.1) is 6.07 Å². The molecule has 0 saturated heterocycles. The molecule has 0 bridgehead atoms. The highest BCUT2D eigenvalue weighted by molar-refractivity contribution is 6.74. The van der Waals surface area contributed by atoms with Crippen LogP contribution < -0.4 is 4.43 Å². The van der Waals surface area contributed by atoms with Gasteiger partial charge in [0.2, 0.25) is 8.32 Å². The van der Waals surface area contributed by atoms with Gasteiger partial charge in [-0.2, -0.15) is 0 Å². The van der Waals surface area contributed by atoms with Crippen LogP contribution in [0.2, 0.25) is 18.1 Å². The summed E-state index contributed by atoms with van der Waals surface area (Å²) in [5.74, 6) is 0.347. The highest BCUT2D eigenvalue weighted by Crippen LogP contribution is 2.37. The molecule has 1 rings (SSSR count). The Morgan fingerprint density at radius 3 is 2.47 bits per heavy atom. The van der Waals surface area contributed by atoms with E-state index in [1.165, 1.54) is 12.3 Å². The molecule has 0 aromatic carbocycles. The molecule has 0 unspecified atom stereocenters. The van der Waals surface area contributed by atoms with E-state index in [1.807, 2.05) is 0 Å². The fourth-order valence-electron chi connectivity index (χ4n) is 1.01. The van der Waals surface area contributed by atoms with E-state index in [9.17, 15) is 10.1 Å². The Kier molecular flexibility index (Phi) is 3.56. The highest BCUT2D eigenvalue weighted by atomic mass is 28.4. The fraction of sp³-hybridized carbons (Fsp3) is 0.545. The van der Waals surface area contributed by atoms with Crippen LogP contribution in [0.5, 0.6) is 5.75 Å². The van der Waals surface area contributed by atoms with Gasteiger partial charge in [0, 0.05) is 6.07 Å². The van der Waals surface area contributed by atoms with Crippen molar-refractivity contribution < 1.29 is 9.35 Å². The third-order valence-corrected chi connectivity index (χ3v) is 7.44. The lowest BCUT2D eigenvalue weighted by Crippen LogP contribution is -2.43. The first kappa shape index (κ1) is 13.6. The summed E-state index contributed by atoms with van der Waals surface area (Å²) in [6, 6.07) is 3.04. The summed E-state index contributed by atoms with van der Waals surface area (Å²) < 4.78 is 5.95. The second-order valence-electron chi connectivity index (χ2n) is 5.47. The molecular weight excluding hydrogens is 236 g/mol. The number of rotatable bonds is 3. The molecule has 0 aliphatic rings. The molecule has 0 aliphatic carbocycles. The Bertz CT molecular complexity index is 427. The van der Waals surface area contributed by atoms with Crippen LogP contribution in [0.3, 0.4) is 0 Å². The van der Waals surface area contributed by atoms with E-state index in [1.54, 1.807) is 6.07 Å². The number of hydrogen-bond acceptors (Lipinski definition) is 4. The minimum absolute atomic E-state index is 0.0606. The van der Waals surface area contributed by atoms with Crippen LogP contribution in [-0.2, 0) is 0 Å². The SMILES string of the molecule is CC(C)(C)[Si](C)(C)Oc1ccnc([N+](=O)[O-])c1. The predicted octanol–water partition coefficient (Wildman–Crippen LogP) is 3.37. The van der Waals surface area contributed by atoms with Crippen molar-refractivity contribution in [2.75, 3.05) is 0 Å². The van der Waals surface area contributed by atoms with Gasteiger partial charge >= 0.3 is 5.82 Å². The molecule has 0 aliphatic heterocycles. The average Bonchev–Trinajstić information content (AvgIpc) is 2.15. The smallest absolute Gasteiger partial charge is 0.367 e. The predicted molar refractivity (Wildman–Crippen MR) is 68.7 cm³/mol. The Morgan fingerprint density at radius 1 is 1.41 bits per heavy atom. The second kappa shape index (κ2) is 4.44. The lowest BCUT2D eigenvalue weighted by molar-refractivity contribution is -0.389. The standard InChI is InChI=1S/C11H18N2O3Si/c1-11(2,3)17(4,5)16-9-6-7-12-10(8-9)13(14)15/h6-8H,1-5H3. The zero-order chi connectivity index (χ0) is 13.3. The van der Waals surface area contributed by atoms with Crippen LogP contribution in [0, 0.1) is 10.1 Å². The van der Waals surface area contributed by atoms with Gasteiger partial charge in [0.15, 0.2) is 0 Å². The molecule has 0 fully saturated rings. The van der Waals surface area contributed by atoms with Crippen LogP contribution in [0.1, 0.15) is 20.8 Å². The van der Waals surface area contributed by atoms with E-state index < -0.39 is 13.2 Å². The Labute approximate surface area is 102 Å². The van der Waals surface area contributed by atoms with E-state index >= 15 is 0 Å². The molecule has 17 heavy (non-hydrogen) atoms. The van der Waals surface area contributed by atoms with Gasteiger partial charge in [0.1, 0.15) is 11.9 Å². The van der Waals surface area contributed by atoms with Gasteiger partial charge in [-0.1, -0.05) is 20.8 Å². The monoisotopic (exact) mass is 254 g/mol. The van der Waals surface area contributed by atoms with Crippen LogP contribution in [0.15, 0.2) is 18.3 Å². The molecule has 1 aromatic heterocycles. The molecule has 0 spiro atoms. The highest BCUT2D eigenvalue weighted by Gasteiger charge is 2.39. The van der Waals surface area contributed by atoms with Crippen molar-refractivity contribution in [1.29, 1.82) is 0 Å². The molecule has 0 saturated carbocycles. The van der Waals surface area contributed by atoms with Gasteiger partial charge in [-0.15, -0.1) is 0 Å². The van der Waals surface area contributed by atoms with E-state index in [-0.39, 0.29) is 10.9 Å². The summed E-state index contributed by atoms with van der Waals surface area (Å²) in [4.78, 5) is 13.8. The minimum Gasteiger partial charge on any atom is -0.543 e. The van der Waals surface area contributed by atoms with E-state index in [0.717, 1.165) is 0 Å². The van der Waals surface area contributed by atoms with Crippen LogP contribution in [0.25, 0.3) is 0 Å². The number of nitro groups is 1. The summed E-state index contributed by atoms with van der Waals surface area (Å²) in [6.07, 6.45) is 1.40. The van der Waals surface area contributed by atoms with Gasteiger partial charge in [0.25, 0.3) is 0 Å². The molecule has 94 valence electrons. The van der Waals surface area contributed by atoms with Crippen molar-refractivity contribution in [3.05, 3.63) is 28.4 Å². The molecule has 6 heteroatoms. The molecular formula is C11H18N2O3Si. The Balaban J connectivity index is 2.96. The summed E-state index contributed by atoms with van der Waals surface area (Å²) >= 11 is 0. The summed E-state index contributed by atoms with van der Waals surface area (Å²) in [7, 11) is -1.95. The summed E-state index contributed by atoms with van der Waals surface area (Å²) in [5, 5.41) is 10.7.